The van der Waals surface area contributed by atoms with Gasteiger partial charge in [0, 0.05) is 49.8 Å². The van der Waals surface area contributed by atoms with Crippen LogP contribution in [-0.2, 0) is 13.0 Å². The summed E-state index contributed by atoms with van der Waals surface area (Å²) in [4.78, 5) is 6.38. The van der Waals surface area contributed by atoms with E-state index in [4.69, 9.17) is 0 Å². The zero-order valence-electron chi connectivity index (χ0n) is 13.3. The van der Waals surface area contributed by atoms with Gasteiger partial charge >= 0.3 is 0 Å². The second kappa shape index (κ2) is 7.77. The number of nitrogens with zero attached hydrogens (tertiary/aromatic N) is 2. The summed E-state index contributed by atoms with van der Waals surface area (Å²) in [7, 11) is 2.20. The fourth-order valence-corrected chi connectivity index (χ4v) is 3.49. The standard InChI is InChI=1S/C18H25N3S/c1-20-10-12-21(13-11-20)15-16-4-6-17(7-5-16)19-9-8-18-3-2-14-22-18/h2-7,14,19H,8-13,15H2,1H3. The van der Waals surface area contributed by atoms with Gasteiger partial charge in [0.2, 0.25) is 0 Å². The van der Waals surface area contributed by atoms with E-state index in [9.17, 15) is 0 Å². The van der Waals surface area contributed by atoms with Gasteiger partial charge in [-0.1, -0.05) is 18.2 Å². The SMILES string of the molecule is CN1CCN(Cc2ccc(NCCc3cccs3)cc2)CC1. The molecule has 2 aromatic rings. The predicted octanol–water partition coefficient (Wildman–Crippen LogP) is 3.15. The molecule has 0 radical (unpaired) electrons. The van der Waals surface area contributed by atoms with Crippen molar-refractivity contribution in [1.82, 2.24) is 9.80 Å². The number of anilines is 1. The van der Waals surface area contributed by atoms with E-state index >= 15 is 0 Å². The molecule has 1 fully saturated rings. The Morgan fingerprint density at radius 1 is 1.05 bits per heavy atom. The van der Waals surface area contributed by atoms with E-state index in [-0.39, 0.29) is 0 Å². The summed E-state index contributed by atoms with van der Waals surface area (Å²) < 4.78 is 0. The van der Waals surface area contributed by atoms with Gasteiger partial charge in [0.25, 0.3) is 0 Å². The molecule has 1 aliphatic rings. The van der Waals surface area contributed by atoms with Gasteiger partial charge in [-0.25, -0.2) is 0 Å². The van der Waals surface area contributed by atoms with Crippen molar-refractivity contribution in [3.8, 4) is 0 Å². The molecule has 0 atom stereocenters. The van der Waals surface area contributed by atoms with E-state index in [1.165, 1.54) is 42.3 Å². The first-order chi connectivity index (χ1) is 10.8. The number of benzene rings is 1. The molecule has 2 heterocycles. The largest absolute Gasteiger partial charge is 0.385 e. The van der Waals surface area contributed by atoms with Crippen molar-refractivity contribution in [3.63, 3.8) is 0 Å². The van der Waals surface area contributed by atoms with Crippen LogP contribution in [0.3, 0.4) is 0 Å². The minimum Gasteiger partial charge on any atom is -0.385 e. The van der Waals surface area contributed by atoms with Gasteiger partial charge in [0.15, 0.2) is 0 Å². The van der Waals surface area contributed by atoms with Crippen LogP contribution in [-0.4, -0.2) is 49.6 Å². The van der Waals surface area contributed by atoms with E-state index in [2.05, 4.69) is 63.9 Å². The smallest absolute Gasteiger partial charge is 0.0340 e. The van der Waals surface area contributed by atoms with Crippen LogP contribution in [0.15, 0.2) is 41.8 Å². The van der Waals surface area contributed by atoms with Crippen LogP contribution in [0.5, 0.6) is 0 Å². The van der Waals surface area contributed by atoms with Crippen molar-refractivity contribution in [2.24, 2.45) is 0 Å². The molecule has 3 nitrogen and oxygen atoms in total. The first-order valence-corrected chi connectivity index (χ1v) is 8.94. The highest BCUT2D eigenvalue weighted by Gasteiger charge is 2.13. The van der Waals surface area contributed by atoms with Gasteiger partial charge in [0.05, 0.1) is 0 Å². The zero-order valence-corrected chi connectivity index (χ0v) is 14.1. The van der Waals surface area contributed by atoms with Gasteiger partial charge in [-0.05, 0) is 42.6 Å². The zero-order chi connectivity index (χ0) is 15.2. The summed E-state index contributed by atoms with van der Waals surface area (Å²) in [6.45, 7) is 6.79. The molecule has 118 valence electrons. The monoisotopic (exact) mass is 315 g/mol. The van der Waals surface area contributed by atoms with Gasteiger partial charge in [0.1, 0.15) is 0 Å². The van der Waals surface area contributed by atoms with Crippen LogP contribution >= 0.6 is 11.3 Å². The molecule has 0 spiro atoms. The lowest BCUT2D eigenvalue weighted by molar-refractivity contribution is 0.148. The van der Waals surface area contributed by atoms with E-state index in [0.717, 1.165) is 19.5 Å². The molecule has 0 unspecified atom stereocenters. The number of hydrogen-bond donors (Lipinski definition) is 1. The fourth-order valence-electron chi connectivity index (χ4n) is 2.78. The first-order valence-electron chi connectivity index (χ1n) is 8.06. The molecule has 1 aromatic heterocycles. The number of rotatable bonds is 6. The molecule has 1 N–H and O–H groups in total. The van der Waals surface area contributed by atoms with E-state index in [1.54, 1.807) is 0 Å². The highest BCUT2D eigenvalue weighted by atomic mass is 32.1. The van der Waals surface area contributed by atoms with Crippen molar-refractivity contribution in [2.75, 3.05) is 45.1 Å². The highest BCUT2D eigenvalue weighted by molar-refractivity contribution is 7.09. The molecule has 22 heavy (non-hydrogen) atoms. The normalized spacial score (nSPS) is 16.8. The lowest BCUT2D eigenvalue weighted by Crippen LogP contribution is -2.43. The molecule has 0 aliphatic carbocycles. The first kappa shape index (κ1) is 15.5. The Labute approximate surface area is 137 Å². The number of thiophene rings is 1. The summed E-state index contributed by atoms with van der Waals surface area (Å²) in [5.74, 6) is 0. The summed E-state index contributed by atoms with van der Waals surface area (Å²) >= 11 is 1.83. The molecule has 0 bridgehead atoms. The molecule has 0 saturated carbocycles. The second-order valence-electron chi connectivity index (χ2n) is 6.03. The molecule has 1 aliphatic heterocycles. The average molecular weight is 315 g/mol. The van der Waals surface area contributed by atoms with Crippen LogP contribution in [0.1, 0.15) is 10.4 Å². The maximum absolute atomic E-state index is 3.51. The third-order valence-corrected chi connectivity index (χ3v) is 5.17. The molecule has 3 rings (SSSR count). The van der Waals surface area contributed by atoms with Crippen LogP contribution in [0, 0.1) is 0 Å². The Morgan fingerprint density at radius 2 is 1.82 bits per heavy atom. The summed E-state index contributed by atoms with van der Waals surface area (Å²) in [6, 6.07) is 13.2. The van der Waals surface area contributed by atoms with Gasteiger partial charge in [-0.2, -0.15) is 0 Å². The van der Waals surface area contributed by atoms with E-state index in [1.807, 2.05) is 11.3 Å². The van der Waals surface area contributed by atoms with Crippen molar-refractivity contribution < 1.29 is 0 Å². The molecular weight excluding hydrogens is 290 g/mol. The van der Waals surface area contributed by atoms with Gasteiger partial charge < -0.3 is 10.2 Å². The van der Waals surface area contributed by atoms with Crippen molar-refractivity contribution in [2.45, 2.75) is 13.0 Å². The van der Waals surface area contributed by atoms with Crippen molar-refractivity contribution >= 4 is 17.0 Å². The average Bonchev–Trinajstić information content (AvgIpc) is 3.05. The van der Waals surface area contributed by atoms with Crippen LogP contribution < -0.4 is 5.32 Å². The highest BCUT2D eigenvalue weighted by Crippen LogP contribution is 2.14. The predicted molar refractivity (Wildman–Crippen MR) is 95.7 cm³/mol. The van der Waals surface area contributed by atoms with Gasteiger partial charge in [-0.15, -0.1) is 11.3 Å². The lowest BCUT2D eigenvalue weighted by Gasteiger charge is -2.32. The molecular formula is C18H25N3S. The maximum atomic E-state index is 3.51. The Hall–Kier alpha value is -1.36. The summed E-state index contributed by atoms with van der Waals surface area (Å²) in [6.07, 6.45) is 1.10. The number of piperazine rings is 1. The van der Waals surface area contributed by atoms with Crippen LogP contribution in [0.4, 0.5) is 5.69 Å². The Bertz CT molecular complexity index is 542. The Morgan fingerprint density at radius 3 is 2.50 bits per heavy atom. The van der Waals surface area contributed by atoms with Crippen LogP contribution in [0.25, 0.3) is 0 Å². The molecule has 0 amide bonds. The van der Waals surface area contributed by atoms with Crippen LogP contribution in [0.2, 0.25) is 0 Å². The number of nitrogens with one attached hydrogen (secondary N) is 1. The lowest BCUT2D eigenvalue weighted by atomic mass is 10.1. The maximum Gasteiger partial charge on any atom is 0.0340 e. The minimum absolute atomic E-state index is 0.998. The van der Waals surface area contributed by atoms with Crippen molar-refractivity contribution in [3.05, 3.63) is 52.2 Å². The molecule has 1 saturated heterocycles. The topological polar surface area (TPSA) is 18.5 Å². The quantitative estimate of drug-likeness (QED) is 0.883. The van der Waals surface area contributed by atoms with Crippen molar-refractivity contribution in [1.29, 1.82) is 0 Å². The van der Waals surface area contributed by atoms with Gasteiger partial charge in [-0.3, -0.25) is 4.90 Å². The minimum atomic E-state index is 0.998. The fraction of sp³-hybridized carbons (Fsp3) is 0.444. The summed E-state index contributed by atoms with van der Waals surface area (Å²) in [5.41, 5.74) is 2.63. The number of hydrogen-bond acceptors (Lipinski definition) is 4. The Kier molecular flexibility index (Phi) is 5.48. The number of likely N-dealkylation sites (N-methyl/N-ethyl adjacent to an activating group) is 1. The Balaban J connectivity index is 1.43. The second-order valence-corrected chi connectivity index (χ2v) is 7.06. The van der Waals surface area contributed by atoms with E-state index in [0.29, 0.717) is 0 Å². The third kappa shape index (κ3) is 4.57. The molecule has 4 heteroatoms. The summed E-state index contributed by atoms with van der Waals surface area (Å²) in [5, 5.41) is 5.65. The third-order valence-electron chi connectivity index (χ3n) is 4.24. The molecule has 1 aromatic carbocycles. The van der Waals surface area contributed by atoms with E-state index < -0.39 is 0 Å².